The number of hydrogen-bond acceptors (Lipinski definition) is 7. The number of rotatable bonds is 7. The molecular weight excluding hydrogens is 448 g/mol. The summed E-state index contributed by atoms with van der Waals surface area (Å²) < 4.78 is 5.42. The first-order valence-corrected chi connectivity index (χ1v) is 12.1. The van der Waals surface area contributed by atoms with Gasteiger partial charge in [-0.15, -0.1) is 0 Å². The third-order valence-corrected chi connectivity index (χ3v) is 6.66. The number of amides is 1. The molecule has 1 N–H and O–H groups in total. The van der Waals surface area contributed by atoms with Crippen LogP contribution in [0.15, 0.2) is 70.1 Å². The van der Waals surface area contributed by atoms with E-state index in [2.05, 4.69) is 16.4 Å². The molecule has 1 aromatic carbocycles. The minimum Gasteiger partial charge on any atom is -0.463 e. The first-order chi connectivity index (χ1) is 16.4. The highest BCUT2D eigenvalue weighted by Gasteiger charge is 2.41. The second-order valence-corrected chi connectivity index (χ2v) is 9.12. The van der Waals surface area contributed by atoms with Gasteiger partial charge >= 0.3 is 5.97 Å². The van der Waals surface area contributed by atoms with Crippen LogP contribution in [0.2, 0.25) is 0 Å². The van der Waals surface area contributed by atoms with Crippen LogP contribution in [0.25, 0.3) is 0 Å². The van der Waals surface area contributed by atoms with E-state index in [0.717, 1.165) is 33.1 Å². The second-order valence-electron chi connectivity index (χ2n) is 8.29. The van der Waals surface area contributed by atoms with E-state index in [9.17, 15) is 9.59 Å². The number of carbonyl (C=O) groups excluding carboxylic acids is 2. The molecule has 0 radical (unpaired) electrons. The molecule has 7 nitrogen and oxygen atoms in total. The molecule has 8 heteroatoms. The van der Waals surface area contributed by atoms with Crippen molar-refractivity contribution in [2.75, 3.05) is 6.61 Å². The summed E-state index contributed by atoms with van der Waals surface area (Å²) in [7, 11) is 0. The van der Waals surface area contributed by atoms with E-state index in [-0.39, 0.29) is 24.9 Å². The van der Waals surface area contributed by atoms with E-state index < -0.39 is 6.04 Å². The Bertz CT molecular complexity index is 1200. The molecule has 2 aromatic rings. The van der Waals surface area contributed by atoms with Crippen LogP contribution in [-0.2, 0) is 20.9 Å². The molecule has 1 atom stereocenters. The van der Waals surface area contributed by atoms with Crippen LogP contribution in [0.3, 0.4) is 0 Å². The van der Waals surface area contributed by atoms with Gasteiger partial charge in [0.1, 0.15) is 0 Å². The first kappa shape index (κ1) is 23.8. The lowest BCUT2D eigenvalue weighted by Gasteiger charge is -2.37. The molecule has 1 aromatic heterocycles. The van der Waals surface area contributed by atoms with Gasteiger partial charge in [-0.25, -0.2) is 9.79 Å². The minimum atomic E-state index is -0.417. The number of fused-ring (bicyclic) bond motifs is 1. The third-order valence-electron chi connectivity index (χ3n) is 5.77. The first-order valence-electron chi connectivity index (χ1n) is 11.2. The number of amidine groups is 1. The summed E-state index contributed by atoms with van der Waals surface area (Å²) >= 11 is 1.47. The number of carbonyl (C=O) groups is 2. The Labute approximate surface area is 204 Å². The Balaban J connectivity index is 1.64. The molecule has 0 saturated heterocycles. The van der Waals surface area contributed by atoms with Gasteiger partial charge < -0.3 is 15.0 Å². The lowest BCUT2D eigenvalue weighted by Crippen LogP contribution is -2.38. The number of aromatic nitrogens is 1. The average Bonchev–Trinajstić information content (AvgIpc) is 3.19. The van der Waals surface area contributed by atoms with Crippen LogP contribution in [0.4, 0.5) is 0 Å². The van der Waals surface area contributed by atoms with Gasteiger partial charge in [0, 0.05) is 24.6 Å². The average molecular weight is 477 g/mol. The van der Waals surface area contributed by atoms with Crippen LogP contribution < -0.4 is 5.32 Å². The quantitative estimate of drug-likeness (QED) is 0.591. The van der Waals surface area contributed by atoms with Gasteiger partial charge in [-0.05, 0) is 55.9 Å². The van der Waals surface area contributed by atoms with E-state index in [0.29, 0.717) is 17.8 Å². The fraction of sp³-hybridized carbons (Fsp3) is 0.308. The van der Waals surface area contributed by atoms with Crippen LogP contribution in [0.1, 0.15) is 48.6 Å². The highest BCUT2D eigenvalue weighted by molar-refractivity contribution is 8.16. The number of benzene rings is 1. The maximum Gasteiger partial charge on any atom is 0.338 e. The van der Waals surface area contributed by atoms with Gasteiger partial charge in [-0.3, -0.25) is 9.78 Å². The van der Waals surface area contributed by atoms with Crippen molar-refractivity contribution in [3.8, 4) is 0 Å². The van der Waals surface area contributed by atoms with Crippen LogP contribution in [-0.4, -0.2) is 33.5 Å². The molecule has 2 aliphatic heterocycles. The summed E-state index contributed by atoms with van der Waals surface area (Å²) in [6.45, 7) is 8.40. The van der Waals surface area contributed by atoms with Crippen molar-refractivity contribution in [3.05, 3.63) is 87.4 Å². The molecule has 176 valence electrons. The molecule has 0 saturated carbocycles. The zero-order valence-electron chi connectivity index (χ0n) is 19.8. The summed E-state index contributed by atoms with van der Waals surface area (Å²) in [4.78, 5) is 36.7. The van der Waals surface area contributed by atoms with Crippen molar-refractivity contribution in [2.45, 2.75) is 46.7 Å². The van der Waals surface area contributed by atoms with Crippen LogP contribution in [0, 0.1) is 13.8 Å². The van der Waals surface area contributed by atoms with Gasteiger partial charge in [0.2, 0.25) is 5.91 Å². The topological polar surface area (TPSA) is 83.9 Å². The largest absolute Gasteiger partial charge is 0.463 e. The van der Waals surface area contributed by atoms with Gasteiger partial charge in [-0.1, -0.05) is 41.6 Å². The molecule has 34 heavy (non-hydrogen) atoms. The van der Waals surface area contributed by atoms with E-state index in [1.54, 1.807) is 19.3 Å². The Morgan fingerprint density at radius 1 is 1.21 bits per heavy atom. The highest BCUT2D eigenvalue weighted by Crippen LogP contribution is 2.45. The number of aryl methyl sites for hydroxylation is 2. The Hall–Kier alpha value is -3.39. The Kier molecular flexibility index (Phi) is 7.17. The predicted octanol–water partition coefficient (Wildman–Crippen LogP) is 4.54. The van der Waals surface area contributed by atoms with Crippen LogP contribution in [0.5, 0.6) is 0 Å². The number of thioether (sulfide) groups is 1. The summed E-state index contributed by atoms with van der Waals surface area (Å²) in [5, 5.41) is 5.66. The maximum absolute atomic E-state index is 13.1. The Morgan fingerprint density at radius 2 is 2.03 bits per heavy atom. The van der Waals surface area contributed by atoms with Crippen molar-refractivity contribution in [2.24, 2.45) is 4.99 Å². The zero-order valence-corrected chi connectivity index (χ0v) is 20.6. The number of ether oxygens (including phenoxy) is 1. The summed E-state index contributed by atoms with van der Waals surface area (Å²) in [5.74, 6) is -0.495. The SMILES string of the molecule is CCOC(=O)C1=C(C)N=C2SC=C(CC(=O)NCc3cccnc3)N2[C@H]1c1ccc(C)cc1C. The third kappa shape index (κ3) is 4.92. The number of pyridine rings is 1. The fourth-order valence-electron chi connectivity index (χ4n) is 4.20. The van der Waals surface area contributed by atoms with E-state index in [1.165, 1.54) is 11.8 Å². The minimum absolute atomic E-state index is 0.111. The molecule has 0 spiro atoms. The molecule has 0 unspecified atom stereocenters. The van der Waals surface area contributed by atoms with Crippen molar-refractivity contribution in [3.63, 3.8) is 0 Å². The van der Waals surface area contributed by atoms with Gasteiger partial charge in [0.05, 0.1) is 30.3 Å². The lowest BCUT2D eigenvalue weighted by molar-refractivity contribution is -0.139. The molecular formula is C26H28N4O3S. The normalized spacial score (nSPS) is 17.2. The summed E-state index contributed by atoms with van der Waals surface area (Å²) in [6, 6.07) is 9.54. The second kappa shape index (κ2) is 10.3. The number of aliphatic imine (C=N–C) groups is 1. The molecule has 0 bridgehead atoms. The van der Waals surface area contributed by atoms with Crippen molar-refractivity contribution >= 4 is 28.8 Å². The van der Waals surface area contributed by atoms with Crippen LogP contribution >= 0.6 is 11.8 Å². The van der Waals surface area contributed by atoms with Gasteiger partial charge in [-0.2, -0.15) is 0 Å². The lowest BCUT2D eigenvalue weighted by atomic mass is 9.90. The molecule has 2 aliphatic rings. The standard InChI is InChI=1S/C26H28N4O3S/c1-5-33-25(32)23-18(4)29-26-30(24(23)21-9-8-16(2)11-17(21)3)20(15-34-26)12-22(31)28-14-19-7-6-10-27-13-19/h6-11,13,15,24H,5,12,14H2,1-4H3,(H,28,31)/t24-/m0/s1. The maximum atomic E-state index is 13.1. The summed E-state index contributed by atoms with van der Waals surface area (Å²) in [6.07, 6.45) is 3.60. The Morgan fingerprint density at radius 3 is 2.74 bits per heavy atom. The smallest absolute Gasteiger partial charge is 0.338 e. The number of nitrogens with zero attached hydrogens (tertiary/aromatic N) is 3. The zero-order chi connectivity index (χ0) is 24.2. The van der Waals surface area contributed by atoms with E-state index in [1.807, 2.05) is 55.3 Å². The van der Waals surface area contributed by atoms with Crippen molar-refractivity contribution < 1.29 is 14.3 Å². The molecule has 0 fully saturated rings. The molecule has 0 aliphatic carbocycles. The van der Waals surface area contributed by atoms with Crippen molar-refractivity contribution in [1.29, 1.82) is 0 Å². The highest BCUT2D eigenvalue weighted by atomic mass is 32.2. The number of nitrogens with one attached hydrogen (secondary N) is 1. The van der Waals surface area contributed by atoms with Crippen molar-refractivity contribution in [1.82, 2.24) is 15.2 Å². The molecule has 4 rings (SSSR count). The monoisotopic (exact) mass is 476 g/mol. The molecule has 1 amide bonds. The summed E-state index contributed by atoms with van der Waals surface area (Å²) in [5.41, 5.74) is 6.07. The predicted molar refractivity (Wildman–Crippen MR) is 134 cm³/mol. The number of allylic oxidation sites excluding steroid dienone is 1. The van der Waals surface area contributed by atoms with Gasteiger partial charge in [0.25, 0.3) is 0 Å². The molecule has 3 heterocycles. The number of esters is 1. The van der Waals surface area contributed by atoms with E-state index in [4.69, 9.17) is 9.73 Å². The van der Waals surface area contributed by atoms with E-state index >= 15 is 0 Å². The number of hydrogen-bond donors (Lipinski definition) is 1. The van der Waals surface area contributed by atoms with Gasteiger partial charge in [0.15, 0.2) is 5.17 Å². The fourth-order valence-corrected chi connectivity index (χ4v) is 5.16.